The van der Waals surface area contributed by atoms with Crippen LogP contribution in [-0.2, 0) is 0 Å². The average molecular weight is 567 g/mol. The van der Waals surface area contributed by atoms with Crippen molar-refractivity contribution in [1.82, 2.24) is 30.0 Å². The molecule has 0 radical (unpaired) electrons. The maximum Gasteiger partial charge on any atom is 0.407 e. The number of anilines is 2. The lowest BCUT2D eigenvalue weighted by atomic mass is 9.95. The smallest absolute Gasteiger partial charge is 0.407 e. The van der Waals surface area contributed by atoms with E-state index in [1.54, 1.807) is 12.3 Å². The molecule has 4 aromatic rings. The van der Waals surface area contributed by atoms with Gasteiger partial charge < -0.3 is 24.7 Å². The summed E-state index contributed by atoms with van der Waals surface area (Å²) in [5, 5.41) is 18.3. The fourth-order valence-corrected chi connectivity index (χ4v) is 6.14. The highest BCUT2D eigenvalue weighted by molar-refractivity contribution is 6.35. The molecule has 2 aromatic carbocycles. The van der Waals surface area contributed by atoms with Crippen molar-refractivity contribution in [3.8, 4) is 11.1 Å². The van der Waals surface area contributed by atoms with Gasteiger partial charge in [0.1, 0.15) is 11.3 Å². The second-order valence-corrected chi connectivity index (χ2v) is 11.6. The van der Waals surface area contributed by atoms with Gasteiger partial charge in [-0.3, -0.25) is 5.10 Å². The van der Waals surface area contributed by atoms with Crippen LogP contribution in [-0.4, -0.2) is 99.6 Å². The largest absolute Gasteiger partial charge is 0.465 e. The predicted molar refractivity (Wildman–Crippen MR) is 155 cm³/mol. The number of H-pyrrole nitrogens is 1. The minimum atomic E-state index is -0.954. The molecule has 10 nitrogen and oxygen atoms in total. The number of aryl methyl sites for hydroxylation is 1. The molecule has 2 aliphatic rings. The molecule has 0 spiro atoms. The first-order valence-electron chi connectivity index (χ1n) is 13.4. The summed E-state index contributed by atoms with van der Waals surface area (Å²) in [7, 11) is 4.07. The number of amides is 1. The van der Waals surface area contributed by atoms with Crippen LogP contribution >= 0.6 is 11.6 Å². The molecule has 40 heavy (non-hydrogen) atoms. The van der Waals surface area contributed by atoms with Crippen molar-refractivity contribution in [3.05, 3.63) is 40.8 Å². The van der Waals surface area contributed by atoms with Crippen molar-refractivity contribution in [2.45, 2.75) is 38.9 Å². The third-order valence-electron chi connectivity index (χ3n) is 8.31. The van der Waals surface area contributed by atoms with E-state index in [1.165, 1.54) is 4.90 Å². The average Bonchev–Trinajstić information content (AvgIpc) is 3.34. The summed E-state index contributed by atoms with van der Waals surface area (Å²) in [4.78, 5) is 29.2. The number of aromatic nitrogens is 4. The van der Waals surface area contributed by atoms with E-state index in [-0.39, 0.29) is 28.2 Å². The number of halogens is 2. The Morgan fingerprint density at radius 3 is 2.55 bits per heavy atom. The first-order valence-corrected chi connectivity index (χ1v) is 13.7. The number of piperazine rings is 1. The number of benzene rings is 2. The Kier molecular flexibility index (Phi) is 6.46. The molecule has 12 heteroatoms. The summed E-state index contributed by atoms with van der Waals surface area (Å²) in [6.45, 7) is 7.92. The molecule has 2 saturated heterocycles. The number of rotatable bonds is 4. The minimum absolute atomic E-state index is 0.187. The van der Waals surface area contributed by atoms with Gasteiger partial charge in [-0.1, -0.05) is 17.7 Å². The Hall–Kier alpha value is -3.70. The van der Waals surface area contributed by atoms with Gasteiger partial charge in [0, 0.05) is 66.2 Å². The van der Waals surface area contributed by atoms with Crippen LogP contribution in [0.5, 0.6) is 0 Å². The fraction of sp³-hybridized carbons (Fsp3) is 0.429. The van der Waals surface area contributed by atoms with Crippen LogP contribution in [0.15, 0.2) is 24.4 Å². The number of hydrogen-bond acceptors (Lipinski definition) is 7. The zero-order chi connectivity index (χ0) is 28.5. The van der Waals surface area contributed by atoms with E-state index in [2.05, 4.69) is 20.0 Å². The molecule has 2 atom stereocenters. The van der Waals surface area contributed by atoms with Gasteiger partial charge in [0.25, 0.3) is 0 Å². The number of fused-ring (bicyclic) bond motifs is 2. The summed E-state index contributed by atoms with van der Waals surface area (Å²) < 4.78 is 16.8. The lowest BCUT2D eigenvalue weighted by molar-refractivity contribution is 0.114. The Morgan fingerprint density at radius 1 is 1.10 bits per heavy atom. The monoisotopic (exact) mass is 566 g/mol. The molecule has 1 amide bonds. The number of aromatic amines is 1. The molecule has 2 fully saturated rings. The first-order chi connectivity index (χ1) is 19.0. The second kappa shape index (κ2) is 9.74. The van der Waals surface area contributed by atoms with Gasteiger partial charge in [-0.2, -0.15) is 10.1 Å². The van der Waals surface area contributed by atoms with E-state index in [0.29, 0.717) is 41.8 Å². The summed E-state index contributed by atoms with van der Waals surface area (Å²) in [6, 6.07) is 5.47. The van der Waals surface area contributed by atoms with Crippen molar-refractivity contribution in [2.75, 3.05) is 50.1 Å². The molecule has 0 unspecified atom stereocenters. The van der Waals surface area contributed by atoms with Crippen molar-refractivity contribution in [2.24, 2.45) is 0 Å². The highest BCUT2D eigenvalue weighted by Crippen LogP contribution is 2.43. The molecule has 6 rings (SSSR count). The Bertz CT molecular complexity index is 1640. The summed E-state index contributed by atoms with van der Waals surface area (Å²) in [6.07, 6.45) is 0.728. The van der Waals surface area contributed by atoms with E-state index in [4.69, 9.17) is 21.6 Å². The number of carboxylic acid groups (broad SMARTS) is 1. The molecule has 2 aliphatic heterocycles. The zero-order valence-electron chi connectivity index (χ0n) is 23.1. The first kappa shape index (κ1) is 26.5. The van der Waals surface area contributed by atoms with Crippen LogP contribution < -0.4 is 9.80 Å². The normalized spacial score (nSPS) is 20.1. The third kappa shape index (κ3) is 4.19. The highest BCUT2D eigenvalue weighted by Gasteiger charge is 2.36. The Labute approximate surface area is 236 Å². The number of likely N-dealkylation sites (N-methyl/N-ethyl adjacent to an activating group) is 1. The van der Waals surface area contributed by atoms with E-state index in [1.807, 2.05) is 51.9 Å². The van der Waals surface area contributed by atoms with Gasteiger partial charge in [0.2, 0.25) is 5.95 Å². The van der Waals surface area contributed by atoms with E-state index >= 15 is 4.39 Å². The quantitative estimate of drug-likeness (QED) is 0.369. The van der Waals surface area contributed by atoms with Crippen LogP contribution in [0.1, 0.15) is 19.4 Å². The van der Waals surface area contributed by atoms with Crippen molar-refractivity contribution in [1.29, 1.82) is 0 Å². The topological polar surface area (TPSA) is 105 Å². The maximum atomic E-state index is 16.8. The summed E-state index contributed by atoms with van der Waals surface area (Å²) in [5.74, 6) is 0.494. The van der Waals surface area contributed by atoms with Gasteiger partial charge in [-0.25, -0.2) is 14.2 Å². The molecule has 0 aliphatic carbocycles. The van der Waals surface area contributed by atoms with Gasteiger partial charge in [-0.05, 0) is 52.6 Å². The second-order valence-electron chi connectivity index (χ2n) is 11.2. The van der Waals surface area contributed by atoms with Gasteiger partial charge in [0.05, 0.1) is 16.7 Å². The standard InChI is InChI=1S/C28H32ClFN8O2/c1-14-6-7-21-19(9-31-34-21)22(14)23-20(29)8-18-25(24(23)30)32-27(36-12-17(13-36)35(4)5)33-26(18)37-10-16(3)38(28(39)40)11-15(37)2/h6-9,15-17H,10-13H2,1-5H3,(H,31,34)(H,39,40)/t15-,16+/m0/s1. The lowest BCUT2D eigenvalue weighted by Gasteiger charge is -2.45. The third-order valence-corrected chi connectivity index (χ3v) is 8.61. The molecule has 210 valence electrons. The lowest BCUT2D eigenvalue weighted by Crippen LogP contribution is -2.59. The molecule has 4 heterocycles. The van der Waals surface area contributed by atoms with Crippen LogP contribution in [0.4, 0.5) is 21.0 Å². The number of nitrogens with one attached hydrogen (secondary N) is 1. The molecular formula is C28H32ClFN8O2. The van der Waals surface area contributed by atoms with Crippen molar-refractivity contribution in [3.63, 3.8) is 0 Å². The van der Waals surface area contributed by atoms with Crippen LogP contribution in [0.2, 0.25) is 5.02 Å². The molecule has 2 N–H and O–H groups in total. The van der Waals surface area contributed by atoms with E-state index < -0.39 is 11.9 Å². The number of hydrogen-bond donors (Lipinski definition) is 2. The van der Waals surface area contributed by atoms with Crippen molar-refractivity contribution >= 4 is 51.3 Å². The Balaban J connectivity index is 1.55. The van der Waals surface area contributed by atoms with E-state index in [0.717, 1.165) is 29.6 Å². The van der Waals surface area contributed by atoms with Gasteiger partial charge in [0.15, 0.2) is 5.82 Å². The van der Waals surface area contributed by atoms with Crippen LogP contribution in [0.3, 0.4) is 0 Å². The highest BCUT2D eigenvalue weighted by atomic mass is 35.5. The maximum absolute atomic E-state index is 16.8. The molecule has 0 saturated carbocycles. The number of nitrogens with zero attached hydrogens (tertiary/aromatic N) is 7. The number of carbonyl (C=O) groups is 1. The van der Waals surface area contributed by atoms with E-state index in [9.17, 15) is 9.90 Å². The fourth-order valence-electron chi connectivity index (χ4n) is 5.85. The van der Waals surface area contributed by atoms with Gasteiger partial charge in [-0.15, -0.1) is 0 Å². The SMILES string of the molecule is Cc1ccc2[nH]ncc2c1-c1c(Cl)cc2c(N3C[C@@H](C)N(C(=O)O)C[C@@H]3C)nc(N3CC(N(C)C)C3)nc2c1F. The Morgan fingerprint density at radius 2 is 1.85 bits per heavy atom. The zero-order valence-corrected chi connectivity index (χ0v) is 23.9. The summed E-state index contributed by atoms with van der Waals surface area (Å²) in [5.41, 5.74) is 2.79. The summed E-state index contributed by atoms with van der Waals surface area (Å²) >= 11 is 6.87. The minimum Gasteiger partial charge on any atom is -0.465 e. The van der Waals surface area contributed by atoms with Crippen LogP contribution in [0, 0.1) is 12.7 Å². The molecule has 2 aromatic heterocycles. The predicted octanol–water partition coefficient (Wildman–Crippen LogP) is 4.60. The van der Waals surface area contributed by atoms with Gasteiger partial charge >= 0.3 is 6.09 Å². The van der Waals surface area contributed by atoms with Crippen LogP contribution in [0.25, 0.3) is 32.9 Å². The molecular weight excluding hydrogens is 535 g/mol. The molecule has 0 bridgehead atoms. The van der Waals surface area contributed by atoms with Crippen molar-refractivity contribution < 1.29 is 14.3 Å².